The second-order valence-corrected chi connectivity index (χ2v) is 7.65. The summed E-state index contributed by atoms with van der Waals surface area (Å²) in [5.74, 6) is -0.564. The van der Waals surface area contributed by atoms with Crippen molar-refractivity contribution < 1.29 is 14.3 Å². The number of esters is 1. The molecule has 0 fully saturated rings. The van der Waals surface area contributed by atoms with Crippen molar-refractivity contribution in [1.82, 2.24) is 5.32 Å². The third kappa shape index (κ3) is 6.85. The van der Waals surface area contributed by atoms with Crippen molar-refractivity contribution in [1.29, 1.82) is 0 Å². The van der Waals surface area contributed by atoms with Crippen LogP contribution in [0.2, 0.25) is 5.02 Å². The minimum Gasteiger partial charge on any atom is -0.461 e. The Hall–Kier alpha value is -2.11. The lowest BCUT2D eigenvalue weighted by molar-refractivity contribution is -0.139. The minimum atomic E-state index is -0.578. The molecule has 0 saturated carbocycles. The first kappa shape index (κ1) is 21.2. The van der Waals surface area contributed by atoms with Gasteiger partial charge in [0.2, 0.25) is 0 Å². The Morgan fingerprint density at radius 1 is 1.15 bits per heavy atom. The second-order valence-electron chi connectivity index (χ2n) is 6.36. The number of ether oxygens (including phenoxy) is 1. The number of hydrogen-bond acceptors (Lipinski definition) is 3. The summed E-state index contributed by atoms with van der Waals surface area (Å²) >= 11 is 9.25. The first-order valence-electron chi connectivity index (χ1n) is 8.57. The molecule has 0 spiro atoms. The predicted molar refractivity (Wildman–Crippen MR) is 111 cm³/mol. The van der Waals surface area contributed by atoms with Crippen molar-refractivity contribution in [2.45, 2.75) is 20.3 Å². The van der Waals surface area contributed by atoms with Gasteiger partial charge in [-0.2, -0.15) is 0 Å². The van der Waals surface area contributed by atoms with Crippen LogP contribution < -0.4 is 5.32 Å². The van der Waals surface area contributed by atoms with Gasteiger partial charge >= 0.3 is 5.97 Å². The summed E-state index contributed by atoms with van der Waals surface area (Å²) in [7, 11) is 0. The zero-order valence-electron chi connectivity index (χ0n) is 15.2. The molecule has 0 unspecified atom stereocenters. The normalized spacial score (nSPS) is 11.4. The summed E-state index contributed by atoms with van der Waals surface area (Å²) in [6.07, 6.45) is 2.32. The molecule has 2 aromatic rings. The van der Waals surface area contributed by atoms with Gasteiger partial charge < -0.3 is 10.1 Å². The van der Waals surface area contributed by atoms with Crippen LogP contribution in [0, 0.1) is 5.92 Å². The highest BCUT2D eigenvalue weighted by Crippen LogP contribution is 2.17. The van der Waals surface area contributed by atoms with Crippen LogP contribution in [0.5, 0.6) is 0 Å². The molecular weight excluding hydrogens is 430 g/mol. The van der Waals surface area contributed by atoms with Crippen molar-refractivity contribution in [3.05, 3.63) is 74.9 Å². The lowest BCUT2D eigenvalue weighted by Crippen LogP contribution is -2.29. The van der Waals surface area contributed by atoms with Crippen LogP contribution in [0.1, 0.15) is 36.2 Å². The molecule has 2 aromatic carbocycles. The number of nitrogens with one attached hydrogen (secondary N) is 1. The van der Waals surface area contributed by atoms with E-state index < -0.39 is 11.9 Å². The van der Waals surface area contributed by atoms with Gasteiger partial charge in [0.1, 0.15) is 5.70 Å². The van der Waals surface area contributed by atoms with Crippen molar-refractivity contribution in [2.75, 3.05) is 6.61 Å². The monoisotopic (exact) mass is 449 g/mol. The molecule has 0 aromatic heterocycles. The zero-order valence-corrected chi connectivity index (χ0v) is 17.5. The molecule has 4 nitrogen and oxygen atoms in total. The number of halogens is 2. The maximum Gasteiger partial charge on any atom is 0.354 e. The molecule has 142 valence electrons. The molecule has 0 atom stereocenters. The SMILES string of the molecule is CC(C)CCOC(=O)C(=Cc1ccc(Cl)cc1)NC(=O)c1ccccc1Br. The second kappa shape index (κ2) is 10.3. The fourth-order valence-corrected chi connectivity index (χ4v) is 2.76. The average Bonchev–Trinajstić information content (AvgIpc) is 2.62. The van der Waals surface area contributed by atoms with Crippen molar-refractivity contribution in [3.8, 4) is 0 Å². The van der Waals surface area contributed by atoms with Crippen LogP contribution in [-0.4, -0.2) is 18.5 Å². The van der Waals surface area contributed by atoms with Crippen molar-refractivity contribution in [2.24, 2.45) is 5.92 Å². The number of carbonyl (C=O) groups excluding carboxylic acids is 2. The maximum absolute atomic E-state index is 12.6. The van der Waals surface area contributed by atoms with E-state index in [0.717, 1.165) is 12.0 Å². The summed E-state index contributed by atoms with van der Waals surface area (Å²) in [5.41, 5.74) is 1.22. The van der Waals surface area contributed by atoms with Crippen molar-refractivity contribution in [3.63, 3.8) is 0 Å². The van der Waals surface area contributed by atoms with Crippen LogP contribution >= 0.6 is 27.5 Å². The molecule has 0 radical (unpaired) electrons. The summed E-state index contributed by atoms with van der Waals surface area (Å²) in [4.78, 5) is 25.1. The largest absolute Gasteiger partial charge is 0.461 e. The number of carbonyl (C=O) groups is 2. The van der Waals surface area contributed by atoms with Gasteiger partial charge in [0.05, 0.1) is 12.2 Å². The van der Waals surface area contributed by atoms with Gasteiger partial charge in [0, 0.05) is 9.50 Å². The van der Waals surface area contributed by atoms with E-state index in [1.165, 1.54) is 0 Å². The molecule has 0 bridgehead atoms. The summed E-state index contributed by atoms with van der Waals surface area (Å²) < 4.78 is 5.96. The van der Waals surface area contributed by atoms with Gasteiger partial charge in [-0.25, -0.2) is 4.79 Å². The molecule has 1 N–H and O–H groups in total. The fourth-order valence-electron chi connectivity index (χ4n) is 2.17. The average molecular weight is 451 g/mol. The molecule has 6 heteroatoms. The Balaban J connectivity index is 2.23. The molecule has 0 aliphatic rings. The van der Waals surface area contributed by atoms with E-state index in [1.54, 1.807) is 48.5 Å². The van der Waals surface area contributed by atoms with Crippen LogP contribution in [0.15, 0.2) is 58.7 Å². The molecule has 0 heterocycles. The number of amides is 1. The smallest absolute Gasteiger partial charge is 0.354 e. The third-order valence-electron chi connectivity index (χ3n) is 3.70. The van der Waals surface area contributed by atoms with E-state index in [0.29, 0.717) is 27.6 Å². The highest BCUT2D eigenvalue weighted by atomic mass is 79.9. The molecule has 27 heavy (non-hydrogen) atoms. The number of benzene rings is 2. The van der Waals surface area contributed by atoms with Crippen LogP contribution in [-0.2, 0) is 9.53 Å². The van der Waals surface area contributed by atoms with Gasteiger partial charge in [0.25, 0.3) is 5.91 Å². The molecule has 0 aliphatic carbocycles. The highest BCUT2D eigenvalue weighted by molar-refractivity contribution is 9.10. The predicted octanol–water partition coefficient (Wildman–Crippen LogP) is 5.46. The van der Waals surface area contributed by atoms with E-state index in [2.05, 4.69) is 21.2 Å². The number of rotatable bonds is 7. The van der Waals surface area contributed by atoms with E-state index >= 15 is 0 Å². The lowest BCUT2D eigenvalue weighted by Gasteiger charge is -2.12. The third-order valence-corrected chi connectivity index (χ3v) is 4.64. The summed E-state index contributed by atoms with van der Waals surface area (Å²) in [5, 5.41) is 3.25. The van der Waals surface area contributed by atoms with E-state index in [9.17, 15) is 9.59 Å². The van der Waals surface area contributed by atoms with Crippen molar-refractivity contribution >= 4 is 45.5 Å². The minimum absolute atomic E-state index is 0.0711. The molecule has 1 amide bonds. The Labute approximate surface area is 172 Å². The van der Waals surface area contributed by atoms with E-state index in [4.69, 9.17) is 16.3 Å². The van der Waals surface area contributed by atoms with Gasteiger partial charge in [0.15, 0.2) is 0 Å². The molecule has 0 aliphatic heterocycles. The summed E-state index contributed by atoms with van der Waals surface area (Å²) in [6, 6.07) is 13.9. The first-order valence-corrected chi connectivity index (χ1v) is 9.74. The van der Waals surface area contributed by atoms with Crippen LogP contribution in [0.3, 0.4) is 0 Å². The van der Waals surface area contributed by atoms with Crippen LogP contribution in [0.4, 0.5) is 0 Å². The van der Waals surface area contributed by atoms with E-state index in [-0.39, 0.29) is 5.70 Å². The summed E-state index contributed by atoms with van der Waals surface area (Å²) in [6.45, 7) is 4.39. The fraction of sp³-hybridized carbons (Fsp3) is 0.238. The Bertz CT molecular complexity index is 832. The molecule has 0 saturated heterocycles. The van der Waals surface area contributed by atoms with Gasteiger partial charge in [-0.3, -0.25) is 4.79 Å². The Kier molecular flexibility index (Phi) is 8.07. The standard InChI is InChI=1S/C21H21BrClNO3/c1-14(2)11-12-27-21(26)19(13-15-7-9-16(23)10-8-15)24-20(25)17-5-3-4-6-18(17)22/h3-10,13-14H,11-12H2,1-2H3,(H,24,25). The quantitative estimate of drug-likeness (QED) is 0.450. The highest BCUT2D eigenvalue weighted by Gasteiger charge is 2.17. The zero-order chi connectivity index (χ0) is 19.8. The maximum atomic E-state index is 12.6. The van der Waals surface area contributed by atoms with Gasteiger partial charge in [-0.1, -0.05) is 49.7 Å². The Morgan fingerprint density at radius 3 is 2.44 bits per heavy atom. The lowest BCUT2D eigenvalue weighted by atomic mass is 10.1. The topological polar surface area (TPSA) is 55.4 Å². The first-order chi connectivity index (χ1) is 12.9. The molecular formula is C21H21BrClNO3. The van der Waals surface area contributed by atoms with Gasteiger partial charge in [-0.15, -0.1) is 0 Å². The Morgan fingerprint density at radius 2 is 1.81 bits per heavy atom. The molecule has 2 rings (SSSR count). The van der Waals surface area contributed by atoms with Crippen LogP contribution in [0.25, 0.3) is 6.08 Å². The van der Waals surface area contributed by atoms with Gasteiger partial charge in [-0.05, 0) is 64.2 Å². The van der Waals surface area contributed by atoms with E-state index in [1.807, 2.05) is 19.9 Å². The number of hydrogen-bond donors (Lipinski definition) is 1.